The van der Waals surface area contributed by atoms with Crippen LogP contribution in [0.3, 0.4) is 0 Å². The molecule has 100 valence electrons. The van der Waals surface area contributed by atoms with Gasteiger partial charge in [0.05, 0.1) is 12.8 Å². The Morgan fingerprint density at radius 2 is 1.89 bits per heavy atom. The first-order valence-corrected chi connectivity index (χ1v) is 5.86. The van der Waals surface area contributed by atoms with Gasteiger partial charge in [-0.05, 0) is 39.8 Å². The van der Waals surface area contributed by atoms with E-state index in [1.165, 1.54) is 4.90 Å². The highest BCUT2D eigenvalue weighted by molar-refractivity contribution is 5.88. The molecule has 1 aromatic rings. The van der Waals surface area contributed by atoms with Gasteiger partial charge in [0.2, 0.25) is 0 Å². The first-order chi connectivity index (χ1) is 8.26. The smallest absolute Gasteiger partial charge is 0.414 e. The third-order valence-electron chi connectivity index (χ3n) is 2.50. The molecule has 0 spiro atoms. The molecule has 1 amide bonds. The lowest BCUT2D eigenvalue weighted by atomic mass is 10.1. The van der Waals surface area contributed by atoms with Crippen molar-refractivity contribution in [2.24, 2.45) is 0 Å². The molecule has 0 bridgehead atoms. The van der Waals surface area contributed by atoms with Crippen molar-refractivity contribution in [1.29, 1.82) is 0 Å². The van der Waals surface area contributed by atoms with Gasteiger partial charge < -0.3 is 9.47 Å². The van der Waals surface area contributed by atoms with Gasteiger partial charge in [0.15, 0.2) is 0 Å². The van der Waals surface area contributed by atoms with E-state index in [2.05, 4.69) is 0 Å². The highest BCUT2D eigenvalue weighted by atomic mass is 16.6. The van der Waals surface area contributed by atoms with Crippen molar-refractivity contribution in [3.8, 4) is 5.75 Å². The van der Waals surface area contributed by atoms with Crippen molar-refractivity contribution in [2.45, 2.75) is 33.3 Å². The first-order valence-electron chi connectivity index (χ1n) is 5.86. The van der Waals surface area contributed by atoms with Crippen molar-refractivity contribution < 1.29 is 14.3 Å². The molecule has 0 heterocycles. The van der Waals surface area contributed by atoms with Crippen molar-refractivity contribution >= 4 is 11.8 Å². The predicted octanol–water partition coefficient (Wildman–Crippen LogP) is 3.37. The highest BCUT2D eigenvalue weighted by Crippen LogP contribution is 2.28. The second-order valence-electron chi connectivity index (χ2n) is 5.14. The van der Waals surface area contributed by atoms with Crippen LogP contribution in [0.5, 0.6) is 5.75 Å². The molecule has 0 N–H and O–H groups in total. The summed E-state index contributed by atoms with van der Waals surface area (Å²) in [7, 11) is 3.30. The average Bonchev–Trinajstić information content (AvgIpc) is 2.26. The number of methoxy groups -OCH3 is 1. The predicted molar refractivity (Wildman–Crippen MR) is 72.4 cm³/mol. The Hall–Kier alpha value is -1.71. The summed E-state index contributed by atoms with van der Waals surface area (Å²) in [6.45, 7) is 7.44. The fraction of sp³-hybridized carbons (Fsp3) is 0.500. The summed E-state index contributed by atoms with van der Waals surface area (Å²) in [5.74, 6) is 0.753. The quantitative estimate of drug-likeness (QED) is 0.808. The molecular weight excluding hydrogens is 230 g/mol. The van der Waals surface area contributed by atoms with Crippen molar-refractivity contribution in [3.05, 3.63) is 23.8 Å². The van der Waals surface area contributed by atoms with Gasteiger partial charge in [0.25, 0.3) is 0 Å². The summed E-state index contributed by atoms with van der Waals surface area (Å²) in [6, 6.07) is 5.57. The van der Waals surface area contributed by atoms with Crippen LogP contribution in [0.4, 0.5) is 10.5 Å². The van der Waals surface area contributed by atoms with E-state index in [1.54, 1.807) is 14.2 Å². The largest absolute Gasteiger partial charge is 0.496 e. The fourth-order valence-corrected chi connectivity index (χ4v) is 1.62. The number of benzene rings is 1. The average molecular weight is 251 g/mol. The Balaban J connectivity index is 2.97. The van der Waals surface area contributed by atoms with Crippen LogP contribution >= 0.6 is 0 Å². The first kappa shape index (κ1) is 14.4. The van der Waals surface area contributed by atoms with Gasteiger partial charge >= 0.3 is 6.09 Å². The van der Waals surface area contributed by atoms with Gasteiger partial charge in [0, 0.05) is 12.6 Å². The summed E-state index contributed by atoms with van der Waals surface area (Å²) in [5.41, 5.74) is 1.19. The van der Waals surface area contributed by atoms with Crippen LogP contribution in [0.25, 0.3) is 0 Å². The summed E-state index contributed by atoms with van der Waals surface area (Å²) in [4.78, 5) is 13.5. The van der Waals surface area contributed by atoms with Crippen LogP contribution in [0.1, 0.15) is 26.3 Å². The molecule has 0 unspecified atom stereocenters. The monoisotopic (exact) mass is 251 g/mol. The molecule has 0 radical (unpaired) electrons. The lowest BCUT2D eigenvalue weighted by Crippen LogP contribution is -2.34. The minimum Gasteiger partial charge on any atom is -0.496 e. The molecule has 18 heavy (non-hydrogen) atoms. The van der Waals surface area contributed by atoms with E-state index < -0.39 is 5.60 Å². The van der Waals surface area contributed by atoms with E-state index in [0.29, 0.717) is 0 Å². The Morgan fingerprint density at radius 3 is 2.39 bits per heavy atom. The van der Waals surface area contributed by atoms with Gasteiger partial charge in [-0.25, -0.2) is 4.79 Å². The van der Waals surface area contributed by atoms with Crippen LogP contribution in [0, 0.1) is 6.92 Å². The Labute approximate surface area is 108 Å². The summed E-state index contributed by atoms with van der Waals surface area (Å²) in [5, 5.41) is 0. The molecule has 0 saturated carbocycles. The van der Waals surface area contributed by atoms with Crippen LogP contribution in [0.2, 0.25) is 0 Å². The molecule has 0 aliphatic heterocycles. The molecule has 0 aliphatic rings. The van der Waals surface area contributed by atoms with E-state index in [-0.39, 0.29) is 6.09 Å². The standard InChI is InChI=1S/C14H21NO3/c1-10-11(8-7-9-12(10)17-6)15(5)13(16)18-14(2,3)4/h7-9H,1-6H3. The summed E-state index contributed by atoms with van der Waals surface area (Å²) < 4.78 is 10.6. The molecule has 0 saturated heterocycles. The minimum atomic E-state index is -0.502. The molecule has 0 fully saturated rings. The maximum absolute atomic E-state index is 12.0. The number of nitrogens with zero attached hydrogens (tertiary/aromatic N) is 1. The topological polar surface area (TPSA) is 38.8 Å². The van der Waals surface area contributed by atoms with E-state index >= 15 is 0 Å². The number of amides is 1. The van der Waals surface area contributed by atoms with Crippen molar-refractivity contribution in [1.82, 2.24) is 0 Å². The number of carbonyl (C=O) groups excluding carboxylic acids is 1. The number of carbonyl (C=O) groups is 1. The summed E-state index contributed by atoms with van der Waals surface area (Å²) in [6.07, 6.45) is -0.376. The molecule has 1 aromatic carbocycles. The molecule has 1 rings (SSSR count). The second-order valence-corrected chi connectivity index (χ2v) is 5.14. The van der Waals surface area contributed by atoms with Gasteiger partial charge in [-0.3, -0.25) is 4.90 Å². The minimum absolute atomic E-state index is 0.376. The SMILES string of the molecule is COc1cccc(N(C)C(=O)OC(C)(C)C)c1C. The maximum Gasteiger partial charge on any atom is 0.414 e. The Kier molecular flexibility index (Phi) is 4.22. The number of hydrogen-bond acceptors (Lipinski definition) is 3. The molecular formula is C14H21NO3. The number of ether oxygens (including phenoxy) is 2. The maximum atomic E-state index is 12.0. The van der Waals surface area contributed by atoms with Crippen LogP contribution < -0.4 is 9.64 Å². The molecule has 0 aliphatic carbocycles. The molecule has 0 aromatic heterocycles. The number of anilines is 1. The van der Waals surface area contributed by atoms with Crippen LogP contribution in [-0.2, 0) is 4.74 Å². The second kappa shape index (κ2) is 5.29. The van der Waals surface area contributed by atoms with E-state index in [0.717, 1.165) is 17.0 Å². The van der Waals surface area contributed by atoms with Crippen LogP contribution in [0.15, 0.2) is 18.2 Å². The van der Waals surface area contributed by atoms with Crippen molar-refractivity contribution in [3.63, 3.8) is 0 Å². The fourth-order valence-electron chi connectivity index (χ4n) is 1.62. The lowest BCUT2D eigenvalue weighted by Gasteiger charge is -2.26. The molecule has 4 heteroatoms. The Bertz CT molecular complexity index is 435. The third kappa shape index (κ3) is 3.39. The number of rotatable bonds is 2. The zero-order chi connectivity index (χ0) is 13.9. The van der Waals surface area contributed by atoms with Gasteiger partial charge in [0.1, 0.15) is 11.4 Å². The van der Waals surface area contributed by atoms with Gasteiger partial charge in [-0.15, -0.1) is 0 Å². The van der Waals surface area contributed by atoms with Gasteiger partial charge in [-0.2, -0.15) is 0 Å². The highest BCUT2D eigenvalue weighted by Gasteiger charge is 2.22. The van der Waals surface area contributed by atoms with Crippen LogP contribution in [-0.4, -0.2) is 25.9 Å². The molecule has 4 nitrogen and oxygen atoms in total. The zero-order valence-corrected chi connectivity index (χ0v) is 11.9. The van der Waals surface area contributed by atoms with E-state index in [9.17, 15) is 4.79 Å². The lowest BCUT2D eigenvalue weighted by molar-refractivity contribution is 0.0589. The Morgan fingerprint density at radius 1 is 1.28 bits per heavy atom. The zero-order valence-electron chi connectivity index (χ0n) is 11.9. The van der Waals surface area contributed by atoms with E-state index in [1.807, 2.05) is 45.9 Å². The summed E-state index contributed by atoms with van der Waals surface area (Å²) >= 11 is 0. The van der Waals surface area contributed by atoms with Crippen molar-refractivity contribution in [2.75, 3.05) is 19.1 Å². The van der Waals surface area contributed by atoms with E-state index in [4.69, 9.17) is 9.47 Å². The third-order valence-corrected chi connectivity index (χ3v) is 2.50. The normalized spacial score (nSPS) is 11.0. The van der Waals surface area contributed by atoms with Gasteiger partial charge in [-0.1, -0.05) is 6.07 Å². The number of hydrogen-bond donors (Lipinski definition) is 0. The molecule has 0 atom stereocenters.